The van der Waals surface area contributed by atoms with E-state index in [0.717, 1.165) is 0 Å². The fourth-order valence-electron chi connectivity index (χ4n) is 3.52. The van der Waals surface area contributed by atoms with Gasteiger partial charge in [0.2, 0.25) is 0 Å². The number of rotatable bonds is 2. The largest absolute Gasteiger partial charge is 0.187 e. The summed E-state index contributed by atoms with van der Waals surface area (Å²) in [6, 6.07) is 37.3. The van der Waals surface area contributed by atoms with E-state index < -0.39 is 7.81 Å². The van der Waals surface area contributed by atoms with Crippen LogP contribution in [0.25, 0.3) is 36.2 Å². The normalized spacial score (nSPS) is 13.8. The van der Waals surface area contributed by atoms with Gasteiger partial charge in [-0.25, -0.2) is 0 Å². The minimum Gasteiger partial charge on any atom is -0.0622 e. The summed E-state index contributed by atoms with van der Waals surface area (Å²) in [6.45, 7) is 0. The predicted octanol–water partition coefficient (Wildman–Crippen LogP) is 10.8. The molecule has 0 radical (unpaired) electrons. The van der Waals surface area contributed by atoms with Crippen LogP contribution < -0.4 is 0 Å². The third kappa shape index (κ3) is 5.67. The Bertz CT molecular complexity index is 1330. The molecule has 5 aromatic rings. The van der Waals surface area contributed by atoms with Crippen molar-refractivity contribution in [1.29, 1.82) is 0 Å². The summed E-state index contributed by atoms with van der Waals surface area (Å²) < 4.78 is 62.1. The van der Waals surface area contributed by atoms with Gasteiger partial charge in [-0.2, -0.15) is 0 Å². The van der Waals surface area contributed by atoms with Gasteiger partial charge in [-0.05, 0) is 59.7 Å². The molecule has 0 N–H and O–H groups in total. The van der Waals surface area contributed by atoms with Crippen LogP contribution in [-0.2, 0) is 0 Å². The molecule has 0 nitrogen and oxygen atoms in total. The summed E-state index contributed by atoms with van der Waals surface area (Å²) >= 11 is 0. The summed E-state index contributed by atoms with van der Waals surface area (Å²) in [5.41, 5.74) is 2.54. The van der Waals surface area contributed by atoms with Crippen LogP contribution in [0, 0.1) is 0 Å². The van der Waals surface area contributed by atoms with Gasteiger partial charge >= 0.3 is 33.0 Å². The van der Waals surface area contributed by atoms with Crippen LogP contribution in [-0.4, -0.2) is 0 Å². The topological polar surface area (TPSA) is 0 Å². The first-order chi connectivity index (χ1) is 14.9. The number of thiophene rings is 1. The van der Waals surface area contributed by atoms with Gasteiger partial charge in [0.05, 0.1) is 0 Å². The molecule has 0 amide bonds. The van der Waals surface area contributed by atoms with Crippen LogP contribution in [0.5, 0.6) is 0 Å². The molecule has 32 heavy (non-hydrogen) atoms. The van der Waals surface area contributed by atoms with Crippen molar-refractivity contribution in [2.24, 2.45) is 0 Å². The van der Waals surface area contributed by atoms with Crippen molar-refractivity contribution in [2.45, 2.75) is 0 Å². The smallest absolute Gasteiger partial charge is 0.0622 e. The molecule has 1 aromatic heterocycles. The number of hydrogen-bond donors (Lipinski definition) is 0. The molecule has 166 valence electrons. The van der Waals surface area contributed by atoms with E-state index in [1.165, 1.54) is 36.2 Å². The molecular weight excluding hydrogens is 465 g/mol. The second kappa shape index (κ2) is 7.32. The monoisotopic (exact) mass is 482 g/mol. The van der Waals surface area contributed by atoms with Crippen LogP contribution in [0.4, 0.5) is 25.2 Å². The molecule has 8 heteroatoms. The quantitative estimate of drug-likeness (QED) is 0.133. The fourth-order valence-corrected chi connectivity index (χ4v) is 5.90. The zero-order chi connectivity index (χ0) is 23.0. The van der Waals surface area contributed by atoms with Gasteiger partial charge in [-0.15, -0.1) is 0 Å². The van der Waals surface area contributed by atoms with Gasteiger partial charge in [0.15, 0.2) is 14.3 Å². The molecule has 0 saturated heterocycles. The Hall–Kier alpha value is -2.89. The Morgan fingerprint density at radius 2 is 0.812 bits per heavy atom. The van der Waals surface area contributed by atoms with Crippen LogP contribution in [0.15, 0.2) is 103 Å². The number of fused-ring (bicyclic) bond motifs is 3. The van der Waals surface area contributed by atoms with E-state index >= 15 is 0 Å². The molecule has 0 unspecified atom stereocenters. The van der Waals surface area contributed by atoms with Crippen LogP contribution >= 0.6 is 18.3 Å². The van der Waals surface area contributed by atoms with E-state index in [4.69, 9.17) is 0 Å². The van der Waals surface area contributed by atoms with Gasteiger partial charge in [0, 0.05) is 21.2 Å². The Labute approximate surface area is 183 Å². The molecule has 0 fully saturated rings. The molecule has 0 spiro atoms. The second-order valence-electron chi connectivity index (χ2n) is 7.15. The summed E-state index contributed by atoms with van der Waals surface area (Å²) in [5.74, 6) is 0. The summed E-state index contributed by atoms with van der Waals surface area (Å²) in [5, 5.41) is 2.77. The van der Waals surface area contributed by atoms with E-state index in [9.17, 15) is 25.2 Å². The summed E-state index contributed by atoms with van der Waals surface area (Å²) in [7, 11) is -10.7. The fraction of sp³-hybridized carbons (Fsp3) is 0. The van der Waals surface area contributed by atoms with E-state index in [1.807, 2.05) is 0 Å². The minimum atomic E-state index is -10.7. The second-order valence-corrected chi connectivity index (χ2v) is 11.0. The molecule has 0 saturated carbocycles. The SMILES string of the molecule is F[P-](F)(F)(F)(F)F.c1ccc(-c2ccc(-[s+]3c4ccccc4c4ccccc43)cc2)cc1. The minimum absolute atomic E-state index is 0.00522. The average Bonchev–Trinajstić information content (AvgIpc) is 3.07. The molecule has 0 aliphatic heterocycles. The maximum Gasteiger partial charge on any atom is 0.187 e. The van der Waals surface area contributed by atoms with Gasteiger partial charge in [-0.3, -0.25) is 0 Å². The predicted molar refractivity (Wildman–Crippen MR) is 124 cm³/mol. The van der Waals surface area contributed by atoms with Crippen LogP contribution in [0.2, 0.25) is 0 Å². The molecule has 5 rings (SSSR count). The molecule has 0 atom stereocenters. The first-order valence-electron chi connectivity index (χ1n) is 9.51. The molecule has 4 aromatic carbocycles. The summed E-state index contributed by atoms with van der Waals surface area (Å²) in [6.07, 6.45) is 0. The average molecular weight is 482 g/mol. The maximum absolute atomic E-state index is 10.7. The standard InChI is InChI=1S/C24H17S.F6P/c1-2-8-18(9-3-1)19-14-16-20(17-15-19)25-23-12-6-4-10-21(23)22-11-5-7-13-24(22)25;1-7(2,3,4,5)6/h1-17H;/q+1;-1. The molecular formula is C24H17F6PS. The molecule has 0 bridgehead atoms. The number of hydrogen-bond acceptors (Lipinski definition) is 0. The maximum atomic E-state index is 9.87. The van der Waals surface area contributed by atoms with Gasteiger partial charge in [0.25, 0.3) is 0 Å². The number of benzene rings is 4. The van der Waals surface area contributed by atoms with Gasteiger partial charge in [-0.1, -0.05) is 54.6 Å². The van der Waals surface area contributed by atoms with Crippen molar-refractivity contribution < 1.29 is 25.2 Å². The van der Waals surface area contributed by atoms with Crippen molar-refractivity contribution in [3.05, 3.63) is 103 Å². The van der Waals surface area contributed by atoms with E-state index in [1.54, 1.807) is 0 Å². The van der Waals surface area contributed by atoms with Gasteiger partial charge in [0.1, 0.15) is 0 Å². The molecule has 0 aliphatic rings. The van der Waals surface area contributed by atoms with E-state index in [-0.39, 0.29) is 10.5 Å². The zero-order valence-electron chi connectivity index (χ0n) is 16.4. The van der Waals surface area contributed by atoms with Crippen molar-refractivity contribution in [2.75, 3.05) is 0 Å². The van der Waals surface area contributed by atoms with Crippen LogP contribution in [0.3, 0.4) is 0 Å². The van der Waals surface area contributed by atoms with E-state index in [2.05, 4.69) is 103 Å². The van der Waals surface area contributed by atoms with Crippen molar-refractivity contribution in [1.82, 2.24) is 0 Å². The Balaban J connectivity index is 0.000000307. The first kappa shape index (κ1) is 22.3. The molecule has 1 heterocycles. The van der Waals surface area contributed by atoms with Crippen LogP contribution in [0.1, 0.15) is 0 Å². The first-order valence-corrected chi connectivity index (χ1v) is 12.8. The third-order valence-corrected chi connectivity index (χ3v) is 7.04. The Kier molecular flexibility index (Phi) is 5.11. The zero-order valence-corrected chi connectivity index (χ0v) is 18.1. The van der Waals surface area contributed by atoms with Crippen molar-refractivity contribution >= 4 is 38.5 Å². The third-order valence-electron chi connectivity index (χ3n) is 4.70. The van der Waals surface area contributed by atoms with Gasteiger partial charge < -0.3 is 0 Å². The van der Waals surface area contributed by atoms with E-state index in [0.29, 0.717) is 0 Å². The van der Waals surface area contributed by atoms with Crippen molar-refractivity contribution in [3.8, 4) is 16.0 Å². The Morgan fingerprint density at radius 3 is 1.28 bits per heavy atom. The van der Waals surface area contributed by atoms with Crippen molar-refractivity contribution in [3.63, 3.8) is 0 Å². The summed E-state index contributed by atoms with van der Waals surface area (Å²) in [4.78, 5) is 1.39. The number of halogens is 6. The molecule has 0 aliphatic carbocycles. The Morgan fingerprint density at radius 1 is 0.438 bits per heavy atom.